The van der Waals surface area contributed by atoms with Gasteiger partial charge in [0.15, 0.2) is 11.5 Å². The van der Waals surface area contributed by atoms with Gasteiger partial charge in [-0.25, -0.2) is 9.38 Å². The van der Waals surface area contributed by atoms with Crippen LogP contribution in [0.3, 0.4) is 0 Å². The van der Waals surface area contributed by atoms with Gasteiger partial charge in [-0.3, -0.25) is 4.79 Å². The van der Waals surface area contributed by atoms with Gasteiger partial charge in [-0.05, 0) is 47.8 Å². The maximum Gasteiger partial charge on any atom is 0.264 e. The Morgan fingerprint density at radius 2 is 1.70 bits per heavy atom. The lowest BCUT2D eigenvalue weighted by atomic mass is 10.2. The molecule has 1 saturated heterocycles. The lowest BCUT2D eigenvalue weighted by molar-refractivity contribution is 0.0751. The van der Waals surface area contributed by atoms with Gasteiger partial charge in [-0.15, -0.1) is 21.5 Å². The lowest BCUT2D eigenvalue weighted by Gasteiger charge is -2.35. The molecular formula is C24H19ClN6OS. The average Bonchev–Trinajstić information content (AvgIpc) is 3.55. The van der Waals surface area contributed by atoms with Crippen LogP contribution in [0.15, 0.2) is 66.0 Å². The van der Waals surface area contributed by atoms with Crippen molar-refractivity contribution >= 4 is 51.3 Å². The van der Waals surface area contributed by atoms with Crippen molar-refractivity contribution in [2.24, 2.45) is 0 Å². The van der Waals surface area contributed by atoms with Crippen molar-refractivity contribution in [1.29, 1.82) is 0 Å². The van der Waals surface area contributed by atoms with Gasteiger partial charge in [0.25, 0.3) is 5.91 Å². The summed E-state index contributed by atoms with van der Waals surface area (Å²) in [5, 5.41) is 12.6. The summed E-state index contributed by atoms with van der Waals surface area (Å²) in [5.41, 5.74) is 2.54. The van der Waals surface area contributed by atoms with Crippen molar-refractivity contribution in [3.05, 3.63) is 75.9 Å². The molecule has 0 N–H and O–H groups in total. The second-order valence-electron chi connectivity index (χ2n) is 7.88. The highest BCUT2D eigenvalue weighted by Crippen LogP contribution is 2.29. The van der Waals surface area contributed by atoms with E-state index >= 15 is 0 Å². The molecule has 1 amide bonds. The molecule has 0 aliphatic carbocycles. The molecule has 6 rings (SSSR count). The molecule has 5 aromatic rings. The van der Waals surface area contributed by atoms with E-state index < -0.39 is 0 Å². The minimum atomic E-state index is 0.0902. The van der Waals surface area contributed by atoms with Crippen molar-refractivity contribution < 1.29 is 4.79 Å². The smallest absolute Gasteiger partial charge is 0.264 e. The molecule has 2 aromatic carbocycles. The number of carbonyl (C=O) groups is 1. The minimum Gasteiger partial charge on any atom is -0.338 e. The number of piperazine rings is 1. The third kappa shape index (κ3) is 3.51. The van der Waals surface area contributed by atoms with Gasteiger partial charge in [0.1, 0.15) is 0 Å². The molecule has 0 unspecified atom stereocenters. The van der Waals surface area contributed by atoms with Crippen molar-refractivity contribution in [3.8, 4) is 11.4 Å². The first-order valence-electron chi connectivity index (χ1n) is 10.7. The maximum atomic E-state index is 12.8. The largest absolute Gasteiger partial charge is 0.338 e. The van der Waals surface area contributed by atoms with Crippen molar-refractivity contribution in [2.75, 3.05) is 31.1 Å². The Labute approximate surface area is 198 Å². The first-order valence-corrected chi connectivity index (χ1v) is 11.9. The number of rotatable bonds is 3. The molecule has 1 fully saturated rings. The first kappa shape index (κ1) is 20.1. The Kier molecular flexibility index (Phi) is 4.96. The van der Waals surface area contributed by atoms with Crippen LogP contribution in [0.5, 0.6) is 0 Å². The van der Waals surface area contributed by atoms with E-state index in [0.717, 1.165) is 32.9 Å². The summed E-state index contributed by atoms with van der Waals surface area (Å²) in [6.07, 6.45) is 0. The number of para-hydroxylation sites is 1. The highest BCUT2D eigenvalue weighted by molar-refractivity contribution is 7.12. The predicted octanol–water partition coefficient (Wildman–Crippen LogP) is 4.62. The van der Waals surface area contributed by atoms with E-state index in [0.29, 0.717) is 37.0 Å². The topological polar surface area (TPSA) is 66.6 Å². The molecule has 164 valence electrons. The van der Waals surface area contributed by atoms with Crippen LogP contribution in [0.4, 0.5) is 5.95 Å². The molecule has 3 aromatic heterocycles. The predicted molar refractivity (Wildman–Crippen MR) is 131 cm³/mol. The molecule has 0 saturated carbocycles. The second-order valence-corrected chi connectivity index (χ2v) is 9.26. The summed E-state index contributed by atoms with van der Waals surface area (Å²) in [6, 6.07) is 19.3. The highest BCUT2D eigenvalue weighted by atomic mass is 35.5. The van der Waals surface area contributed by atoms with Crippen LogP contribution in [0, 0.1) is 0 Å². The number of halogens is 1. The molecular weight excluding hydrogens is 456 g/mol. The van der Waals surface area contributed by atoms with Gasteiger partial charge >= 0.3 is 0 Å². The fourth-order valence-corrected chi connectivity index (χ4v) is 5.05. The van der Waals surface area contributed by atoms with Gasteiger partial charge in [-0.2, -0.15) is 0 Å². The number of aromatic nitrogens is 4. The number of benzene rings is 2. The Morgan fingerprint density at radius 1 is 0.909 bits per heavy atom. The monoisotopic (exact) mass is 474 g/mol. The number of amides is 1. The molecule has 0 atom stereocenters. The molecule has 9 heteroatoms. The van der Waals surface area contributed by atoms with Gasteiger partial charge in [0, 0.05) is 42.2 Å². The van der Waals surface area contributed by atoms with Gasteiger partial charge in [-0.1, -0.05) is 29.8 Å². The number of anilines is 1. The standard InChI is InChI=1S/C24H19ClN6OS/c25-17-9-7-16(8-10-17)21-27-28-22-18-4-1-2-5-19(18)26-24(31(21)22)30-13-11-29(12-14-30)23(32)20-6-3-15-33-20/h1-10,15H,11-14H2. The van der Waals surface area contributed by atoms with Gasteiger partial charge in [0.2, 0.25) is 5.95 Å². The van der Waals surface area contributed by atoms with E-state index in [1.165, 1.54) is 11.3 Å². The highest BCUT2D eigenvalue weighted by Gasteiger charge is 2.26. The number of hydrogen-bond acceptors (Lipinski definition) is 6. The van der Waals surface area contributed by atoms with Gasteiger partial charge < -0.3 is 9.80 Å². The third-order valence-corrected chi connectivity index (χ3v) is 7.02. The summed E-state index contributed by atoms with van der Waals surface area (Å²) in [7, 11) is 0. The minimum absolute atomic E-state index is 0.0902. The molecule has 0 bridgehead atoms. The van der Waals surface area contributed by atoms with Crippen LogP contribution in [0.2, 0.25) is 5.02 Å². The number of hydrogen-bond donors (Lipinski definition) is 0. The molecule has 0 radical (unpaired) electrons. The van der Waals surface area contributed by atoms with E-state index in [1.54, 1.807) is 0 Å². The van der Waals surface area contributed by atoms with E-state index in [2.05, 4.69) is 15.1 Å². The molecule has 1 aliphatic rings. The van der Waals surface area contributed by atoms with Crippen LogP contribution in [-0.4, -0.2) is 56.6 Å². The normalized spacial score (nSPS) is 14.3. The first-order chi connectivity index (χ1) is 16.2. The van der Waals surface area contributed by atoms with Crippen molar-refractivity contribution in [2.45, 2.75) is 0 Å². The van der Waals surface area contributed by atoms with E-state index in [4.69, 9.17) is 16.6 Å². The Bertz CT molecular complexity index is 1460. The SMILES string of the molecule is O=C(c1cccs1)N1CCN(c2nc3ccccc3c3nnc(-c4ccc(Cl)cc4)n23)CC1. The Balaban J connectivity index is 1.41. The average molecular weight is 475 g/mol. The van der Waals surface area contributed by atoms with Crippen LogP contribution in [-0.2, 0) is 0 Å². The number of nitrogens with zero attached hydrogens (tertiary/aromatic N) is 6. The summed E-state index contributed by atoms with van der Waals surface area (Å²) in [4.78, 5) is 22.7. The van der Waals surface area contributed by atoms with E-state index in [-0.39, 0.29) is 5.91 Å². The molecule has 7 nitrogen and oxygen atoms in total. The maximum absolute atomic E-state index is 12.8. The quantitative estimate of drug-likeness (QED) is 0.381. The zero-order chi connectivity index (χ0) is 22.4. The Hall–Kier alpha value is -3.49. The number of fused-ring (bicyclic) bond motifs is 3. The van der Waals surface area contributed by atoms with Gasteiger partial charge in [0.05, 0.1) is 10.4 Å². The van der Waals surface area contributed by atoms with Crippen LogP contribution in [0.1, 0.15) is 9.67 Å². The number of carbonyl (C=O) groups excluding carboxylic acids is 1. The summed E-state index contributed by atoms with van der Waals surface area (Å²) in [5.74, 6) is 1.58. The Morgan fingerprint density at radius 3 is 2.45 bits per heavy atom. The lowest BCUT2D eigenvalue weighted by Crippen LogP contribution is -2.49. The molecule has 1 aliphatic heterocycles. The second kappa shape index (κ2) is 8.13. The van der Waals surface area contributed by atoms with Crippen molar-refractivity contribution in [1.82, 2.24) is 24.5 Å². The molecule has 4 heterocycles. The fraction of sp³-hybridized carbons (Fsp3) is 0.167. The zero-order valence-corrected chi connectivity index (χ0v) is 19.1. The third-order valence-electron chi connectivity index (χ3n) is 5.91. The van der Waals surface area contributed by atoms with Crippen molar-refractivity contribution in [3.63, 3.8) is 0 Å². The van der Waals surface area contributed by atoms with Crippen LogP contribution >= 0.6 is 22.9 Å². The summed E-state index contributed by atoms with van der Waals surface area (Å²) >= 11 is 7.58. The summed E-state index contributed by atoms with van der Waals surface area (Å²) < 4.78 is 2.02. The fourth-order valence-electron chi connectivity index (χ4n) is 4.23. The van der Waals surface area contributed by atoms with E-state index in [9.17, 15) is 4.79 Å². The zero-order valence-electron chi connectivity index (χ0n) is 17.6. The summed E-state index contributed by atoms with van der Waals surface area (Å²) in [6.45, 7) is 2.61. The van der Waals surface area contributed by atoms with Crippen LogP contribution < -0.4 is 4.90 Å². The van der Waals surface area contributed by atoms with Crippen LogP contribution in [0.25, 0.3) is 27.9 Å². The number of thiophene rings is 1. The van der Waals surface area contributed by atoms with E-state index in [1.807, 2.05) is 75.3 Å². The molecule has 33 heavy (non-hydrogen) atoms. The molecule has 0 spiro atoms.